The molecule has 1 saturated carbocycles. The van der Waals surface area contributed by atoms with E-state index in [1.807, 2.05) is 19.3 Å². The molecule has 5 rings (SSSR count). The molecule has 0 radical (unpaired) electrons. The van der Waals surface area contributed by atoms with Gasteiger partial charge in [-0.3, -0.25) is 14.3 Å². The molecule has 2 amide bonds. The van der Waals surface area contributed by atoms with Crippen molar-refractivity contribution in [2.75, 3.05) is 5.32 Å². The Bertz CT molecular complexity index is 1220. The fraction of sp³-hybridized carbons (Fsp3) is 0.364. The number of hydrogen-bond donors (Lipinski definition) is 4. The zero-order valence-corrected chi connectivity index (χ0v) is 18.4. The standard InChI is InChI=1S/C22H24ClN7O2/c1-30-11-13(9-25-30)19-16-10-24-29-21(31)15-7-14(8-17(27-19)18(15)16)26-22(32)20(28-23)12-5-3-2-4-6-12/h7-12,20,27-28H,2-6H2,1H3,(H,26,32)(H,29,31)/t20-/m1/s1. The molecule has 0 unspecified atom stereocenters. The number of rotatable bonds is 5. The highest BCUT2D eigenvalue weighted by molar-refractivity contribution is 6.19. The van der Waals surface area contributed by atoms with Crippen LogP contribution in [0.5, 0.6) is 0 Å². The molecule has 0 saturated heterocycles. The average molecular weight is 454 g/mol. The number of aryl methyl sites for hydroxylation is 1. The van der Waals surface area contributed by atoms with E-state index in [1.165, 1.54) is 6.42 Å². The van der Waals surface area contributed by atoms with Crippen LogP contribution in [0.3, 0.4) is 0 Å². The van der Waals surface area contributed by atoms with Crippen LogP contribution in [0.1, 0.15) is 48.0 Å². The number of H-pyrrole nitrogens is 1. The van der Waals surface area contributed by atoms with Gasteiger partial charge < -0.3 is 10.3 Å². The van der Waals surface area contributed by atoms with E-state index in [-0.39, 0.29) is 17.7 Å². The van der Waals surface area contributed by atoms with E-state index in [1.54, 1.807) is 23.2 Å². The molecule has 3 aromatic rings. The highest BCUT2D eigenvalue weighted by atomic mass is 35.5. The van der Waals surface area contributed by atoms with Crippen molar-refractivity contribution in [3.63, 3.8) is 0 Å². The number of carbonyl (C=O) groups is 2. The van der Waals surface area contributed by atoms with Crippen LogP contribution in [-0.4, -0.2) is 38.8 Å². The van der Waals surface area contributed by atoms with Crippen molar-refractivity contribution in [2.45, 2.75) is 38.1 Å². The molecule has 3 heterocycles. The Kier molecular flexibility index (Phi) is 5.44. The molecule has 1 atom stereocenters. The molecule has 32 heavy (non-hydrogen) atoms. The Labute approximate surface area is 189 Å². The van der Waals surface area contributed by atoms with Crippen LogP contribution < -0.4 is 15.6 Å². The number of benzene rings is 1. The molecule has 1 aliphatic heterocycles. The second-order valence-electron chi connectivity index (χ2n) is 8.44. The molecule has 2 aromatic heterocycles. The number of amides is 2. The molecule has 0 bridgehead atoms. The normalized spacial score (nSPS) is 17.2. The van der Waals surface area contributed by atoms with Gasteiger partial charge >= 0.3 is 0 Å². The summed E-state index contributed by atoms with van der Waals surface area (Å²) >= 11 is 5.96. The highest BCUT2D eigenvalue weighted by Crippen LogP contribution is 2.35. The fourth-order valence-corrected chi connectivity index (χ4v) is 5.05. The SMILES string of the molecule is Cn1cc(-c2[nH]c3cc(NC(=O)[C@H](NCl)C4CCCCC4)cc4c3c2C=NNC4=O)cn1. The Morgan fingerprint density at radius 2 is 2.09 bits per heavy atom. The van der Waals surface area contributed by atoms with E-state index in [9.17, 15) is 9.59 Å². The van der Waals surface area contributed by atoms with Crippen molar-refractivity contribution >= 4 is 46.4 Å². The summed E-state index contributed by atoms with van der Waals surface area (Å²) in [5, 5.41) is 12.0. The Morgan fingerprint density at radius 1 is 1.28 bits per heavy atom. The summed E-state index contributed by atoms with van der Waals surface area (Å²) in [5.74, 6) is -0.349. The van der Waals surface area contributed by atoms with Gasteiger partial charge in [0, 0.05) is 41.0 Å². The number of aromatic nitrogens is 3. The van der Waals surface area contributed by atoms with Crippen LogP contribution in [0.25, 0.3) is 22.2 Å². The van der Waals surface area contributed by atoms with Crippen LogP contribution in [0, 0.1) is 5.92 Å². The molecule has 10 heteroatoms. The lowest BCUT2D eigenvalue weighted by Crippen LogP contribution is -2.42. The lowest BCUT2D eigenvalue weighted by Gasteiger charge is -2.28. The van der Waals surface area contributed by atoms with Crippen molar-refractivity contribution < 1.29 is 9.59 Å². The van der Waals surface area contributed by atoms with Gasteiger partial charge in [0.15, 0.2) is 0 Å². The third-order valence-corrected chi connectivity index (χ3v) is 6.56. The number of nitrogens with one attached hydrogen (secondary N) is 4. The first-order chi connectivity index (χ1) is 15.5. The monoisotopic (exact) mass is 453 g/mol. The number of hydrazone groups is 1. The summed E-state index contributed by atoms with van der Waals surface area (Å²) < 4.78 is 1.71. The predicted molar refractivity (Wildman–Crippen MR) is 124 cm³/mol. The van der Waals surface area contributed by atoms with Gasteiger partial charge in [0.05, 0.1) is 23.7 Å². The van der Waals surface area contributed by atoms with E-state index in [0.29, 0.717) is 11.3 Å². The Morgan fingerprint density at radius 3 is 2.81 bits per heavy atom. The van der Waals surface area contributed by atoms with Crippen LogP contribution in [0.4, 0.5) is 5.69 Å². The van der Waals surface area contributed by atoms with Crippen LogP contribution in [0.2, 0.25) is 0 Å². The molecule has 4 N–H and O–H groups in total. The summed E-state index contributed by atoms with van der Waals surface area (Å²) in [4.78, 5) is 31.8. The first kappa shape index (κ1) is 20.7. The molecular formula is C22H24ClN7O2. The first-order valence-corrected chi connectivity index (χ1v) is 11.1. The van der Waals surface area contributed by atoms with Gasteiger partial charge in [-0.15, -0.1) is 0 Å². The number of anilines is 1. The molecular weight excluding hydrogens is 430 g/mol. The Balaban J connectivity index is 1.53. The molecule has 1 aliphatic carbocycles. The Hall–Kier alpha value is -3.17. The smallest absolute Gasteiger partial charge is 0.272 e. The molecule has 0 spiro atoms. The first-order valence-electron chi connectivity index (χ1n) is 10.7. The van der Waals surface area contributed by atoms with E-state index in [4.69, 9.17) is 11.8 Å². The summed E-state index contributed by atoms with van der Waals surface area (Å²) in [5.41, 5.74) is 6.69. The minimum atomic E-state index is -0.492. The largest absolute Gasteiger partial charge is 0.354 e. The molecule has 1 aromatic carbocycles. The highest BCUT2D eigenvalue weighted by Gasteiger charge is 2.30. The molecule has 9 nitrogen and oxygen atoms in total. The van der Waals surface area contributed by atoms with E-state index >= 15 is 0 Å². The molecule has 1 fully saturated rings. The van der Waals surface area contributed by atoms with Gasteiger partial charge in [-0.05, 0) is 42.7 Å². The lowest BCUT2D eigenvalue weighted by atomic mass is 9.84. The van der Waals surface area contributed by atoms with Crippen molar-refractivity contribution in [1.82, 2.24) is 25.0 Å². The third-order valence-electron chi connectivity index (χ3n) is 6.32. The van der Waals surface area contributed by atoms with Gasteiger partial charge in [0.25, 0.3) is 5.91 Å². The zero-order chi connectivity index (χ0) is 22.2. The molecule has 2 aliphatic rings. The predicted octanol–water partition coefficient (Wildman–Crippen LogP) is 3.28. The second-order valence-corrected chi connectivity index (χ2v) is 8.65. The van der Waals surface area contributed by atoms with Gasteiger partial charge in [-0.1, -0.05) is 19.3 Å². The van der Waals surface area contributed by atoms with Crippen LogP contribution >= 0.6 is 11.8 Å². The van der Waals surface area contributed by atoms with Crippen molar-refractivity contribution in [1.29, 1.82) is 0 Å². The second kappa shape index (κ2) is 8.40. The maximum atomic E-state index is 13.0. The molecule has 166 valence electrons. The summed E-state index contributed by atoms with van der Waals surface area (Å²) in [6.45, 7) is 0. The number of aromatic amines is 1. The van der Waals surface area contributed by atoms with E-state index in [0.717, 1.165) is 53.4 Å². The van der Waals surface area contributed by atoms with Crippen molar-refractivity contribution in [3.8, 4) is 11.3 Å². The lowest BCUT2D eigenvalue weighted by molar-refractivity contribution is -0.119. The number of halogens is 1. The van der Waals surface area contributed by atoms with Crippen LogP contribution in [-0.2, 0) is 11.8 Å². The fourth-order valence-electron chi connectivity index (χ4n) is 4.77. The minimum absolute atomic E-state index is 0.192. The minimum Gasteiger partial charge on any atom is -0.354 e. The quantitative estimate of drug-likeness (QED) is 0.443. The zero-order valence-electron chi connectivity index (χ0n) is 17.6. The number of nitrogens with zero attached hydrogens (tertiary/aromatic N) is 3. The average Bonchev–Trinajstić information content (AvgIpc) is 3.33. The number of carbonyl (C=O) groups excluding carboxylic acids is 2. The topological polar surface area (TPSA) is 116 Å². The van der Waals surface area contributed by atoms with Gasteiger partial charge in [-0.25, -0.2) is 10.3 Å². The summed E-state index contributed by atoms with van der Waals surface area (Å²) in [6, 6.07) is 3.02. The van der Waals surface area contributed by atoms with Gasteiger partial charge in [-0.2, -0.15) is 10.2 Å². The third kappa shape index (κ3) is 3.67. The van der Waals surface area contributed by atoms with Gasteiger partial charge in [0.2, 0.25) is 5.91 Å². The summed E-state index contributed by atoms with van der Waals surface area (Å²) in [7, 11) is 1.84. The van der Waals surface area contributed by atoms with Crippen molar-refractivity contribution in [3.05, 3.63) is 35.7 Å². The summed E-state index contributed by atoms with van der Waals surface area (Å²) in [6.07, 6.45) is 10.6. The maximum absolute atomic E-state index is 13.0. The number of hydrogen-bond acceptors (Lipinski definition) is 5. The maximum Gasteiger partial charge on any atom is 0.272 e. The van der Waals surface area contributed by atoms with Crippen molar-refractivity contribution in [2.24, 2.45) is 18.1 Å². The van der Waals surface area contributed by atoms with E-state index < -0.39 is 6.04 Å². The van der Waals surface area contributed by atoms with E-state index in [2.05, 4.69) is 30.8 Å². The van der Waals surface area contributed by atoms with Gasteiger partial charge in [0.1, 0.15) is 6.04 Å². The van der Waals surface area contributed by atoms with Crippen LogP contribution in [0.15, 0.2) is 29.6 Å².